The molecule has 7 heteroatoms. The molecule has 0 spiro atoms. The zero-order chi connectivity index (χ0) is 17.6. The Kier molecular flexibility index (Phi) is 3.88. The molecule has 1 aromatic rings. The molecule has 4 amide bonds. The van der Waals surface area contributed by atoms with Crippen LogP contribution in [0.4, 0.5) is 9.59 Å². The van der Waals surface area contributed by atoms with E-state index in [9.17, 15) is 9.59 Å². The Morgan fingerprint density at radius 3 is 2.44 bits per heavy atom. The van der Waals surface area contributed by atoms with Gasteiger partial charge in [0.2, 0.25) is 0 Å². The molecule has 0 bridgehead atoms. The van der Waals surface area contributed by atoms with Crippen molar-refractivity contribution in [1.82, 2.24) is 24.9 Å². The van der Waals surface area contributed by atoms with Gasteiger partial charge in [-0.3, -0.25) is 5.32 Å². The van der Waals surface area contributed by atoms with Crippen LogP contribution in [0.15, 0.2) is 42.2 Å². The monoisotopic (exact) mass is 341 g/mol. The number of benzene rings is 1. The van der Waals surface area contributed by atoms with Gasteiger partial charge in [-0.2, -0.15) is 0 Å². The lowest BCUT2D eigenvalue weighted by Crippen LogP contribution is -2.50. The minimum Gasteiger partial charge on any atom is -0.359 e. The molecule has 3 aliphatic rings. The second-order valence-corrected chi connectivity index (χ2v) is 6.81. The lowest BCUT2D eigenvalue weighted by atomic mass is 10.1. The Bertz CT molecular complexity index is 713. The number of amides is 4. The van der Waals surface area contributed by atoms with Gasteiger partial charge in [0, 0.05) is 33.4 Å². The minimum absolute atomic E-state index is 0.0490. The highest BCUT2D eigenvalue weighted by Gasteiger charge is 2.48. The molecule has 4 rings (SSSR count). The third-order valence-electron chi connectivity index (χ3n) is 5.16. The Morgan fingerprint density at radius 2 is 1.76 bits per heavy atom. The molecule has 0 aliphatic carbocycles. The first-order valence-corrected chi connectivity index (χ1v) is 8.68. The summed E-state index contributed by atoms with van der Waals surface area (Å²) in [4.78, 5) is 32.3. The van der Waals surface area contributed by atoms with E-state index in [0.717, 1.165) is 31.5 Å². The van der Waals surface area contributed by atoms with E-state index in [4.69, 9.17) is 0 Å². The van der Waals surface area contributed by atoms with Gasteiger partial charge in [-0.05, 0) is 18.4 Å². The van der Waals surface area contributed by atoms with Gasteiger partial charge < -0.3 is 14.7 Å². The Labute approximate surface area is 147 Å². The van der Waals surface area contributed by atoms with Crippen molar-refractivity contribution in [2.45, 2.75) is 25.2 Å². The van der Waals surface area contributed by atoms with Crippen LogP contribution in [0.2, 0.25) is 0 Å². The van der Waals surface area contributed by atoms with Crippen LogP contribution in [0.5, 0.6) is 0 Å². The van der Waals surface area contributed by atoms with E-state index >= 15 is 0 Å². The molecular formula is C18H23N5O2. The van der Waals surface area contributed by atoms with Crippen molar-refractivity contribution in [2.75, 3.05) is 27.2 Å². The highest BCUT2D eigenvalue weighted by atomic mass is 16.2. The molecule has 132 valence electrons. The molecule has 25 heavy (non-hydrogen) atoms. The number of nitrogens with one attached hydrogen (secondary N) is 1. The van der Waals surface area contributed by atoms with Gasteiger partial charge >= 0.3 is 12.1 Å². The molecule has 1 N–H and O–H groups in total. The summed E-state index contributed by atoms with van der Waals surface area (Å²) in [5.41, 5.74) is 1.81. The number of carbonyl (C=O) groups excluding carboxylic acids is 2. The fraction of sp³-hybridized carbons (Fsp3) is 0.444. The normalized spacial score (nSPS) is 26.2. The van der Waals surface area contributed by atoms with Gasteiger partial charge in [0.1, 0.15) is 12.3 Å². The fourth-order valence-electron chi connectivity index (χ4n) is 3.78. The smallest absolute Gasteiger partial charge is 0.334 e. The maximum atomic E-state index is 12.8. The number of urea groups is 2. The fourth-order valence-corrected chi connectivity index (χ4v) is 3.78. The molecule has 0 saturated carbocycles. The van der Waals surface area contributed by atoms with Crippen molar-refractivity contribution in [1.29, 1.82) is 0 Å². The highest BCUT2D eigenvalue weighted by Crippen LogP contribution is 2.33. The zero-order valence-corrected chi connectivity index (χ0v) is 14.6. The van der Waals surface area contributed by atoms with E-state index in [1.54, 1.807) is 16.8 Å². The lowest BCUT2D eigenvalue weighted by molar-refractivity contribution is 0.169. The number of likely N-dealkylation sites (tertiary alicyclic amines) is 1. The Morgan fingerprint density at radius 1 is 1.08 bits per heavy atom. The van der Waals surface area contributed by atoms with E-state index in [1.165, 1.54) is 4.90 Å². The second kappa shape index (κ2) is 6.07. The Balaban J connectivity index is 1.65. The van der Waals surface area contributed by atoms with E-state index in [0.29, 0.717) is 5.70 Å². The largest absolute Gasteiger partial charge is 0.359 e. The van der Waals surface area contributed by atoms with Crippen LogP contribution in [-0.4, -0.2) is 65.0 Å². The van der Waals surface area contributed by atoms with Crippen LogP contribution in [0, 0.1) is 0 Å². The summed E-state index contributed by atoms with van der Waals surface area (Å²) in [6.07, 6.45) is 3.56. The van der Waals surface area contributed by atoms with Crippen LogP contribution in [-0.2, 0) is 0 Å². The van der Waals surface area contributed by atoms with Crippen molar-refractivity contribution in [3.63, 3.8) is 0 Å². The van der Waals surface area contributed by atoms with Crippen molar-refractivity contribution >= 4 is 12.1 Å². The molecule has 3 aliphatic heterocycles. The van der Waals surface area contributed by atoms with Gasteiger partial charge in [-0.1, -0.05) is 30.3 Å². The summed E-state index contributed by atoms with van der Waals surface area (Å²) in [6, 6.07) is 9.59. The predicted molar refractivity (Wildman–Crippen MR) is 93.2 cm³/mol. The molecule has 1 aromatic carbocycles. The predicted octanol–water partition coefficient (Wildman–Crippen LogP) is 1.97. The number of imide groups is 1. The van der Waals surface area contributed by atoms with Crippen molar-refractivity contribution < 1.29 is 9.59 Å². The first kappa shape index (κ1) is 16.0. The molecular weight excluding hydrogens is 318 g/mol. The minimum atomic E-state index is -0.305. The third kappa shape index (κ3) is 2.55. The SMILES string of the molecule is CN1C=C2C(NC1c1ccccc1)N(C)C(=O)N2C(=O)N1CCCC1. The first-order chi connectivity index (χ1) is 12.1. The number of hydrogen-bond acceptors (Lipinski definition) is 4. The summed E-state index contributed by atoms with van der Waals surface area (Å²) in [5.74, 6) is 0. The average molecular weight is 341 g/mol. The number of hydrogen-bond donors (Lipinski definition) is 1. The zero-order valence-electron chi connectivity index (χ0n) is 14.6. The first-order valence-electron chi connectivity index (χ1n) is 8.68. The molecule has 2 unspecified atom stereocenters. The maximum absolute atomic E-state index is 12.8. The topological polar surface area (TPSA) is 59.1 Å². The molecule has 2 fully saturated rings. The van der Waals surface area contributed by atoms with Gasteiger partial charge in [0.15, 0.2) is 0 Å². The van der Waals surface area contributed by atoms with Crippen LogP contribution in [0.1, 0.15) is 24.6 Å². The van der Waals surface area contributed by atoms with E-state index in [-0.39, 0.29) is 24.4 Å². The Hall–Kier alpha value is -2.54. The number of likely N-dealkylation sites (N-methyl/N-ethyl adjacent to an activating group) is 1. The molecule has 0 radical (unpaired) electrons. The number of rotatable bonds is 1. The van der Waals surface area contributed by atoms with Gasteiger partial charge in [0.05, 0.1) is 5.70 Å². The molecule has 2 saturated heterocycles. The number of nitrogens with zero attached hydrogens (tertiary/aromatic N) is 4. The lowest BCUT2D eigenvalue weighted by Gasteiger charge is -2.38. The van der Waals surface area contributed by atoms with E-state index < -0.39 is 0 Å². The number of carbonyl (C=O) groups is 2. The average Bonchev–Trinajstić information content (AvgIpc) is 3.23. The van der Waals surface area contributed by atoms with Crippen molar-refractivity contribution in [3.8, 4) is 0 Å². The van der Waals surface area contributed by atoms with Crippen molar-refractivity contribution in [3.05, 3.63) is 47.8 Å². The van der Waals surface area contributed by atoms with Crippen LogP contribution < -0.4 is 5.32 Å². The van der Waals surface area contributed by atoms with E-state index in [1.807, 2.05) is 36.3 Å². The van der Waals surface area contributed by atoms with Gasteiger partial charge in [0.25, 0.3) is 0 Å². The molecule has 0 aromatic heterocycles. The van der Waals surface area contributed by atoms with Crippen molar-refractivity contribution in [2.24, 2.45) is 0 Å². The quantitative estimate of drug-likeness (QED) is 0.848. The summed E-state index contributed by atoms with van der Waals surface area (Å²) in [5, 5.41) is 3.49. The van der Waals surface area contributed by atoms with Gasteiger partial charge in [-0.25, -0.2) is 14.5 Å². The van der Waals surface area contributed by atoms with Crippen LogP contribution in [0.3, 0.4) is 0 Å². The maximum Gasteiger partial charge on any atom is 0.334 e. The summed E-state index contributed by atoms with van der Waals surface area (Å²) >= 11 is 0. The molecule has 3 heterocycles. The van der Waals surface area contributed by atoms with Crippen LogP contribution >= 0.6 is 0 Å². The van der Waals surface area contributed by atoms with Crippen LogP contribution in [0.25, 0.3) is 0 Å². The summed E-state index contributed by atoms with van der Waals surface area (Å²) in [6.45, 7) is 1.44. The van der Waals surface area contributed by atoms with Gasteiger partial charge in [-0.15, -0.1) is 0 Å². The number of fused-ring (bicyclic) bond motifs is 1. The highest BCUT2D eigenvalue weighted by molar-refractivity contribution is 5.98. The third-order valence-corrected chi connectivity index (χ3v) is 5.16. The summed E-state index contributed by atoms with van der Waals surface area (Å²) < 4.78 is 0. The second-order valence-electron chi connectivity index (χ2n) is 6.81. The van der Waals surface area contributed by atoms with E-state index in [2.05, 4.69) is 17.4 Å². The molecule has 7 nitrogen and oxygen atoms in total. The standard InChI is InChI=1S/C18H23N5O2/c1-20-12-14-16(19-15(20)13-8-4-3-5-9-13)21(2)17(24)23(14)18(25)22-10-6-7-11-22/h3-5,8-9,12,15-16,19H,6-7,10-11H2,1-2H3. The molecule has 2 atom stereocenters. The summed E-state index contributed by atoms with van der Waals surface area (Å²) in [7, 11) is 3.69.